The monoisotopic (exact) mass is 114 g/mol. The molecule has 0 aromatic heterocycles. The molecule has 0 aliphatic heterocycles. The fraction of sp³-hybridized carbons (Fsp3) is 0.714. The third kappa shape index (κ3) is 2.12. The van der Waals surface area contributed by atoms with Crippen LogP contribution in [0.25, 0.3) is 0 Å². The largest absolute Gasteiger partial charge is 0.390 e. The van der Waals surface area contributed by atoms with Gasteiger partial charge >= 0.3 is 0 Å². The maximum Gasteiger partial charge on any atom is 0.0651 e. The zero-order valence-corrected chi connectivity index (χ0v) is 5.81. The van der Waals surface area contributed by atoms with Gasteiger partial charge in [0.2, 0.25) is 0 Å². The SMILES string of the molecule is C=CC(C)C(C)(C)O. The molecule has 0 aromatic carbocycles. The molecule has 0 bridgehead atoms. The van der Waals surface area contributed by atoms with Gasteiger partial charge in [-0.3, -0.25) is 0 Å². The zero-order chi connectivity index (χ0) is 6.78. The normalized spacial score (nSPS) is 15.5. The van der Waals surface area contributed by atoms with Gasteiger partial charge < -0.3 is 5.11 Å². The average molecular weight is 114 g/mol. The van der Waals surface area contributed by atoms with Crippen LogP contribution in [0.4, 0.5) is 0 Å². The lowest BCUT2D eigenvalue weighted by molar-refractivity contribution is 0.0442. The van der Waals surface area contributed by atoms with E-state index in [0.29, 0.717) is 0 Å². The van der Waals surface area contributed by atoms with Gasteiger partial charge in [0.05, 0.1) is 5.60 Å². The van der Waals surface area contributed by atoms with E-state index in [1.54, 1.807) is 19.9 Å². The van der Waals surface area contributed by atoms with Gasteiger partial charge in [0.25, 0.3) is 0 Å². The fourth-order valence-corrected chi connectivity index (χ4v) is 0.288. The van der Waals surface area contributed by atoms with Gasteiger partial charge in [-0.25, -0.2) is 0 Å². The molecule has 0 aliphatic rings. The summed E-state index contributed by atoms with van der Waals surface area (Å²) in [5.74, 6) is 0.169. The molecule has 8 heavy (non-hydrogen) atoms. The van der Waals surface area contributed by atoms with E-state index in [9.17, 15) is 5.11 Å². The molecule has 0 radical (unpaired) electrons. The van der Waals surface area contributed by atoms with Crippen molar-refractivity contribution >= 4 is 0 Å². The molecule has 1 atom stereocenters. The minimum atomic E-state index is -0.609. The Balaban J connectivity index is 3.80. The molecule has 0 fully saturated rings. The molecule has 1 heteroatoms. The molecule has 0 saturated carbocycles. The lowest BCUT2D eigenvalue weighted by Crippen LogP contribution is -2.26. The number of rotatable bonds is 2. The van der Waals surface area contributed by atoms with Gasteiger partial charge in [-0.05, 0) is 13.8 Å². The second-order valence-corrected chi connectivity index (χ2v) is 2.68. The van der Waals surface area contributed by atoms with Crippen molar-refractivity contribution in [2.75, 3.05) is 0 Å². The summed E-state index contributed by atoms with van der Waals surface area (Å²) in [6.07, 6.45) is 1.75. The van der Waals surface area contributed by atoms with Crippen LogP contribution in [0.3, 0.4) is 0 Å². The minimum Gasteiger partial charge on any atom is -0.390 e. The second kappa shape index (κ2) is 2.31. The summed E-state index contributed by atoms with van der Waals surface area (Å²) in [6, 6.07) is 0. The van der Waals surface area contributed by atoms with Crippen molar-refractivity contribution in [1.82, 2.24) is 0 Å². The van der Waals surface area contributed by atoms with Gasteiger partial charge in [-0.2, -0.15) is 0 Å². The van der Waals surface area contributed by atoms with Crippen molar-refractivity contribution in [1.29, 1.82) is 0 Å². The molecule has 1 nitrogen and oxygen atoms in total. The molecule has 1 N–H and O–H groups in total. The van der Waals surface area contributed by atoms with E-state index in [2.05, 4.69) is 6.58 Å². The van der Waals surface area contributed by atoms with Crippen LogP contribution in [-0.4, -0.2) is 10.7 Å². The molecule has 0 aromatic rings. The molecule has 0 amide bonds. The maximum atomic E-state index is 9.21. The third-order valence-corrected chi connectivity index (χ3v) is 1.47. The van der Waals surface area contributed by atoms with Crippen LogP contribution in [0.15, 0.2) is 12.7 Å². The number of aliphatic hydroxyl groups is 1. The summed E-state index contributed by atoms with van der Waals surface area (Å²) in [5.41, 5.74) is -0.609. The Hall–Kier alpha value is -0.300. The van der Waals surface area contributed by atoms with Crippen LogP contribution in [0, 0.1) is 5.92 Å². The third-order valence-electron chi connectivity index (χ3n) is 1.47. The van der Waals surface area contributed by atoms with Gasteiger partial charge in [0.1, 0.15) is 0 Å². The van der Waals surface area contributed by atoms with Gasteiger partial charge in [-0.1, -0.05) is 13.0 Å². The van der Waals surface area contributed by atoms with E-state index >= 15 is 0 Å². The summed E-state index contributed by atoms with van der Waals surface area (Å²) >= 11 is 0. The highest BCUT2D eigenvalue weighted by Crippen LogP contribution is 2.15. The van der Waals surface area contributed by atoms with E-state index in [1.165, 1.54) is 0 Å². The van der Waals surface area contributed by atoms with Crippen molar-refractivity contribution in [2.45, 2.75) is 26.4 Å². The first-order chi connectivity index (χ1) is 3.48. The summed E-state index contributed by atoms with van der Waals surface area (Å²) in [7, 11) is 0. The summed E-state index contributed by atoms with van der Waals surface area (Å²) in [6.45, 7) is 9.06. The first kappa shape index (κ1) is 7.70. The van der Waals surface area contributed by atoms with Gasteiger partial charge in [0.15, 0.2) is 0 Å². The van der Waals surface area contributed by atoms with Crippen molar-refractivity contribution in [2.24, 2.45) is 5.92 Å². The highest BCUT2D eigenvalue weighted by molar-refractivity contribution is 4.86. The van der Waals surface area contributed by atoms with Gasteiger partial charge in [-0.15, -0.1) is 6.58 Å². The quantitative estimate of drug-likeness (QED) is 0.540. The lowest BCUT2D eigenvalue weighted by Gasteiger charge is -2.21. The molecule has 0 heterocycles. The highest BCUT2D eigenvalue weighted by atomic mass is 16.3. The van der Waals surface area contributed by atoms with Crippen molar-refractivity contribution in [3.63, 3.8) is 0 Å². The Morgan fingerprint density at radius 3 is 2.00 bits per heavy atom. The summed E-state index contributed by atoms with van der Waals surface area (Å²) < 4.78 is 0. The van der Waals surface area contributed by atoms with E-state index < -0.39 is 5.60 Å². The molecule has 0 spiro atoms. The summed E-state index contributed by atoms with van der Waals surface area (Å²) in [4.78, 5) is 0. The van der Waals surface area contributed by atoms with Crippen LogP contribution in [-0.2, 0) is 0 Å². The van der Waals surface area contributed by atoms with E-state index in [1.807, 2.05) is 6.92 Å². The smallest absolute Gasteiger partial charge is 0.0651 e. The predicted molar refractivity (Wildman–Crippen MR) is 35.7 cm³/mol. The molecular formula is C7H14O. The van der Waals surface area contributed by atoms with Crippen molar-refractivity contribution < 1.29 is 5.11 Å². The highest BCUT2D eigenvalue weighted by Gasteiger charge is 2.18. The molecule has 1 unspecified atom stereocenters. The Morgan fingerprint density at radius 2 is 2.00 bits per heavy atom. The Labute approximate surface area is 51.0 Å². The Morgan fingerprint density at radius 1 is 1.62 bits per heavy atom. The molecular weight excluding hydrogens is 100 g/mol. The molecule has 0 rings (SSSR count). The first-order valence-corrected chi connectivity index (χ1v) is 2.83. The van der Waals surface area contributed by atoms with Crippen molar-refractivity contribution in [3.8, 4) is 0 Å². The van der Waals surface area contributed by atoms with E-state index in [4.69, 9.17) is 0 Å². The average Bonchev–Trinajstić information content (AvgIpc) is 1.62. The summed E-state index contributed by atoms with van der Waals surface area (Å²) in [5, 5.41) is 9.21. The van der Waals surface area contributed by atoms with Crippen molar-refractivity contribution in [3.05, 3.63) is 12.7 Å². The molecule has 48 valence electrons. The standard InChI is InChI=1S/C7H14O/c1-5-6(2)7(3,4)8/h5-6,8H,1H2,2-4H3. The maximum absolute atomic E-state index is 9.21. The predicted octanol–water partition coefficient (Wildman–Crippen LogP) is 1.58. The zero-order valence-electron chi connectivity index (χ0n) is 5.81. The number of hydrogen-bond acceptors (Lipinski definition) is 1. The topological polar surface area (TPSA) is 20.2 Å². The number of hydrogen-bond donors (Lipinski definition) is 1. The second-order valence-electron chi connectivity index (χ2n) is 2.68. The van der Waals surface area contributed by atoms with Crippen LogP contribution in [0.2, 0.25) is 0 Å². The molecule has 0 aliphatic carbocycles. The van der Waals surface area contributed by atoms with Crippen LogP contribution in [0.1, 0.15) is 20.8 Å². The van der Waals surface area contributed by atoms with Crippen LogP contribution >= 0.6 is 0 Å². The first-order valence-electron chi connectivity index (χ1n) is 2.83. The minimum absolute atomic E-state index is 0.169. The van der Waals surface area contributed by atoms with Gasteiger partial charge in [0, 0.05) is 5.92 Å². The van der Waals surface area contributed by atoms with Crippen LogP contribution < -0.4 is 0 Å². The van der Waals surface area contributed by atoms with Crippen LogP contribution in [0.5, 0.6) is 0 Å². The lowest BCUT2D eigenvalue weighted by atomic mass is 9.93. The molecule has 0 saturated heterocycles. The van der Waals surface area contributed by atoms with E-state index in [-0.39, 0.29) is 5.92 Å². The fourth-order valence-electron chi connectivity index (χ4n) is 0.288. The Bertz CT molecular complexity index is 78.9. The van der Waals surface area contributed by atoms with E-state index in [0.717, 1.165) is 0 Å². The Kier molecular flexibility index (Phi) is 2.23.